The summed E-state index contributed by atoms with van der Waals surface area (Å²) in [5, 5.41) is 6.20. The van der Waals surface area contributed by atoms with Crippen molar-refractivity contribution in [1.29, 1.82) is 0 Å². The summed E-state index contributed by atoms with van der Waals surface area (Å²) in [6.07, 6.45) is -2.37. The second-order valence-corrected chi connectivity index (χ2v) is 9.19. The fraction of sp³-hybridized carbons (Fsp3) is 0.846. The van der Waals surface area contributed by atoms with Crippen LogP contribution in [0.1, 0.15) is 20.8 Å². The third kappa shape index (κ3) is 7.46. The van der Waals surface area contributed by atoms with Gasteiger partial charge in [0, 0.05) is 11.8 Å². The standard InChI is InChI=1S/C13H19Cl3N4O5S/c1-4-26-11-9(18-12(22)23-5-13(14,15)16)10(25-7(3)21)8(19-20-17)6(2)24-11/h6,8-11H,4-5H2,1-3H3,(H,18,22)/t6-,8+,9-,10+,11+/m1/s1. The molecule has 9 nitrogen and oxygen atoms in total. The summed E-state index contributed by atoms with van der Waals surface area (Å²) < 4.78 is 14.2. The molecule has 0 aromatic rings. The molecule has 1 rings (SSSR count). The van der Waals surface area contributed by atoms with Crippen LogP contribution in [0.2, 0.25) is 0 Å². The van der Waals surface area contributed by atoms with Gasteiger partial charge in [0.2, 0.25) is 3.79 Å². The first-order valence-corrected chi connectivity index (χ1v) is 9.75. The van der Waals surface area contributed by atoms with Gasteiger partial charge in [-0.2, -0.15) is 0 Å². The number of carbonyl (C=O) groups is 2. The number of ether oxygens (including phenoxy) is 3. The maximum absolute atomic E-state index is 12.1. The van der Waals surface area contributed by atoms with Crippen LogP contribution < -0.4 is 5.32 Å². The van der Waals surface area contributed by atoms with Crippen LogP contribution in [0.5, 0.6) is 0 Å². The average Bonchev–Trinajstić information content (AvgIpc) is 2.51. The van der Waals surface area contributed by atoms with Gasteiger partial charge in [-0.25, -0.2) is 4.79 Å². The van der Waals surface area contributed by atoms with Crippen molar-refractivity contribution in [2.24, 2.45) is 5.11 Å². The molecule has 1 saturated heterocycles. The van der Waals surface area contributed by atoms with Gasteiger partial charge in [0.1, 0.15) is 30.2 Å². The molecule has 1 aliphatic heterocycles. The van der Waals surface area contributed by atoms with E-state index in [1.807, 2.05) is 6.92 Å². The zero-order chi connectivity index (χ0) is 19.9. The van der Waals surface area contributed by atoms with E-state index in [4.69, 9.17) is 54.5 Å². The van der Waals surface area contributed by atoms with E-state index in [2.05, 4.69) is 15.3 Å². The fourth-order valence-electron chi connectivity index (χ4n) is 2.35. The Hall–Kier alpha value is -0.770. The minimum Gasteiger partial charge on any atom is -0.460 e. The Morgan fingerprint density at radius 1 is 1.42 bits per heavy atom. The van der Waals surface area contributed by atoms with Gasteiger partial charge in [-0.3, -0.25) is 4.79 Å². The van der Waals surface area contributed by atoms with Crippen LogP contribution in [0.15, 0.2) is 5.11 Å². The number of rotatable bonds is 6. The number of nitrogens with zero attached hydrogens (tertiary/aromatic N) is 3. The lowest BCUT2D eigenvalue weighted by Gasteiger charge is -2.43. The van der Waals surface area contributed by atoms with Crippen molar-refractivity contribution >= 4 is 58.6 Å². The quantitative estimate of drug-likeness (QED) is 0.217. The summed E-state index contributed by atoms with van der Waals surface area (Å²) in [4.78, 5) is 26.4. The van der Waals surface area contributed by atoms with Gasteiger partial charge >= 0.3 is 12.1 Å². The fourth-order valence-corrected chi connectivity index (χ4v) is 3.52. The van der Waals surface area contributed by atoms with Gasteiger partial charge in [0.05, 0.1) is 6.10 Å². The number of nitrogens with one attached hydrogen (secondary N) is 1. The summed E-state index contributed by atoms with van der Waals surface area (Å²) in [7, 11) is 0. The number of halogens is 3. The molecule has 1 fully saturated rings. The van der Waals surface area contributed by atoms with Crippen molar-refractivity contribution in [1.82, 2.24) is 5.32 Å². The number of azide groups is 1. The Labute approximate surface area is 169 Å². The number of hydrogen-bond donors (Lipinski definition) is 1. The predicted molar refractivity (Wildman–Crippen MR) is 99.5 cm³/mol. The molecule has 0 aromatic heterocycles. The second kappa shape index (κ2) is 10.5. The van der Waals surface area contributed by atoms with E-state index in [9.17, 15) is 9.59 Å². The highest BCUT2D eigenvalue weighted by atomic mass is 35.6. The molecule has 0 saturated carbocycles. The van der Waals surface area contributed by atoms with Crippen LogP contribution in [0.25, 0.3) is 10.4 Å². The zero-order valence-electron chi connectivity index (χ0n) is 14.2. The van der Waals surface area contributed by atoms with E-state index < -0.39 is 52.2 Å². The lowest BCUT2D eigenvalue weighted by Crippen LogP contribution is -2.62. The van der Waals surface area contributed by atoms with E-state index in [-0.39, 0.29) is 0 Å². The highest BCUT2D eigenvalue weighted by molar-refractivity contribution is 7.99. The Kier molecular flexibility index (Phi) is 9.43. The number of hydrogen-bond acceptors (Lipinski definition) is 7. The third-order valence-corrected chi connectivity index (χ3v) is 4.68. The van der Waals surface area contributed by atoms with Crippen molar-refractivity contribution in [2.75, 3.05) is 12.4 Å². The van der Waals surface area contributed by atoms with E-state index in [0.717, 1.165) is 0 Å². The number of alkyl halides is 3. The molecule has 0 spiro atoms. The normalized spacial score (nSPS) is 28.6. The Balaban J connectivity index is 3.04. The predicted octanol–water partition coefficient (Wildman–Crippen LogP) is 3.56. The molecule has 0 aliphatic carbocycles. The summed E-state index contributed by atoms with van der Waals surface area (Å²) in [6, 6.07) is -1.67. The van der Waals surface area contributed by atoms with Crippen LogP contribution >= 0.6 is 46.6 Å². The summed E-state index contributed by atoms with van der Waals surface area (Å²) in [5.41, 5.74) is 8.24. The number of alkyl carbamates (subject to hydrolysis) is 1. The van der Waals surface area contributed by atoms with E-state index >= 15 is 0 Å². The number of thioether (sulfide) groups is 1. The molecule has 26 heavy (non-hydrogen) atoms. The van der Waals surface area contributed by atoms with Crippen molar-refractivity contribution in [2.45, 2.75) is 54.3 Å². The van der Waals surface area contributed by atoms with E-state index in [1.54, 1.807) is 6.92 Å². The topological polar surface area (TPSA) is 123 Å². The molecule has 0 aromatic carbocycles. The van der Waals surface area contributed by atoms with E-state index in [1.165, 1.54) is 18.7 Å². The lowest BCUT2D eigenvalue weighted by atomic mass is 9.96. The largest absolute Gasteiger partial charge is 0.460 e. The van der Waals surface area contributed by atoms with E-state index in [0.29, 0.717) is 5.75 Å². The molecular formula is C13H19Cl3N4O5S. The van der Waals surface area contributed by atoms with Gasteiger partial charge in [0.15, 0.2) is 0 Å². The molecular weight excluding hydrogens is 431 g/mol. The highest BCUT2D eigenvalue weighted by Gasteiger charge is 2.47. The van der Waals surface area contributed by atoms with Gasteiger partial charge in [-0.15, -0.1) is 11.8 Å². The van der Waals surface area contributed by atoms with Crippen molar-refractivity contribution in [3.05, 3.63) is 10.4 Å². The molecule has 13 heteroatoms. The van der Waals surface area contributed by atoms with Crippen LogP contribution in [-0.4, -0.2) is 57.9 Å². The maximum atomic E-state index is 12.1. The summed E-state index contributed by atoms with van der Waals surface area (Å²) in [5.74, 6) is 0.0709. The number of carbonyl (C=O) groups excluding carboxylic acids is 2. The van der Waals surface area contributed by atoms with Gasteiger partial charge < -0.3 is 19.5 Å². The molecule has 148 valence electrons. The lowest BCUT2D eigenvalue weighted by molar-refractivity contribution is -0.160. The first-order valence-electron chi connectivity index (χ1n) is 7.57. The molecule has 0 bridgehead atoms. The van der Waals surface area contributed by atoms with Gasteiger partial charge in [-0.05, 0) is 18.2 Å². The van der Waals surface area contributed by atoms with Crippen LogP contribution in [0, 0.1) is 0 Å². The molecule has 1 heterocycles. The number of esters is 1. The third-order valence-electron chi connectivity index (χ3n) is 3.28. The Bertz CT molecular complexity index is 558. The second-order valence-electron chi connectivity index (χ2n) is 5.30. The summed E-state index contributed by atoms with van der Waals surface area (Å²) in [6.45, 7) is 4.33. The minimum absolute atomic E-state index is 0.475. The first-order chi connectivity index (χ1) is 12.1. The molecule has 0 unspecified atom stereocenters. The van der Waals surface area contributed by atoms with Crippen molar-refractivity contribution < 1.29 is 23.8 Å². The molecule has 1 N–H and O–H groups in total. The molecule has 0 radical (unpaired) electrons. The summed E-state index contributed by atoms with van der Waals surface area (Å²) >= 11 is 18.0. The maximum Gasteiger partial charge on any atom is 0.407 e. The van der Waals surface area contributed by atoms with Gasteiger partial charge in [-0.1, -0.05) is 46.8 Å². The molecule has 5 atom stereocenters. The smallest absolute Gasteiger partial charge is 0.407 e. The zero-order valence-corrected chi connectivity index (χ0v) is 17.3. The van der Waals surface area contributed by atoms with Gasteiger partial charge in [0.25, 0.3) is 0 Å². The highest BCUT2D eigenvalue weighted by Crippen LogP contribution is 2.32. The van der Waals surface area contributed by atoms with Crippen LogP contribution in [0.4, 0.5) is 4.79 Å². The first kappa shape index (κ1) is 23.3. The average molecular weight is 450 g/mol. The SMILES string of the molecule is CCS[C@@H]1O[C@H](C)[C@H](N=[N+]=[N-])[C@H](OC(C)=O)[C@H]1NC(=O)OCC(Cl)(Cl)Cl. The van der Waals surface area contributed by atoms with Crippen molar-refractivity contribution in [3.8, 4) is 0 Å². The Morgan fingerprint density at radius 3 is 2.58 bits per heavy atom. The monoisotopic (exact) mass is 448 g/mol. The Morgan fingerprint density at radius 2 is 2.08 bits per heavy atom. The van der Waals surface area contributed by atoms with Crippen LogP contribution in [-0.2, 0) is 19.0 Å². The number of amides is 1. The minimum atomic E-state index is -1.77. The van der Waals surface area contributed by atoms with Crippen molar-refractivity contribution in [3.63, 3.8) is 0 Å². The van der Waals surface area contributed by atoms with Crippen LogP contribution in [0.3, 0.4) is 0 Å². The molecule has 1 aliphatic rings. The molecule has 1 amide bonds.